The molecule has 0 aromatic rings. The fourth-order valence-electron chi connectivity index (χ4n) is 1.64. The van der Waals surface area contributed by atoms with Crippen LogP contribution in [0.1, 0.15) is 47.9 Å². The van der Waals surface area contributed by atoms with Gasteiger partial charge in [-0.15, -0.1) is 0 Å². The Morgan fingerprint density at radius 3 is 2.50 bits per heavy atom. The molecule has 1 fully saturated rings. The van der Waals surface area contributed by atoms with Crippen molar-refractivity contribution < 1.29 is 6.22 Å². The van der Waals surface area contributed by atoms with E-state index in [1.165, 1.54) is 0 Å². The highest BCUT2D eigenvalue weighted by Gasteiger charge is 2.48. The first-order chi connectivity index (χ1) is 5.60. The average Bonchev–Trinajstić information content (AvgIpc) is 2.68. The van der Waals surface area contributed by atoms with Crippen LogP contribution in [0.2, 0.25) is 0 Å². The second-order valence-corrected chi connectivity index (χ2v) is 4.16. The van der Waals surface area contributed by atoms with Gasteiger partial charge in [-0.3, -0.25) is 4.79 Å². The zero-order valence-electron chi connectivity index (χ0n) is 8.31. The number of nitrogens with one attached hydrogen (secondary N) is 1. The molecule has 2 nitrogen and oxygen atoms in total. The van der Waals surface area contributed by atoms with Crippen molar-refractivity contribution in [2.45, 2.75) is 52.5 Å². The summed E-state index contributed by atoms with van der Waals surface area (Å²) in [4.78, 5) is 11.6. The molecule has 12 heavy (non-hydrogen) atoms. The predicted molar refractivity (Wildman–Crippen MR) is 52.0 cm³/mol. The summed E-state index contributed by atoms with van der Waals surface area (Å²) >= 11 is 0. The molecule has 0 bridgehead atoms. The summed E-state index contributed by atoms with van der Waals surface area (Å²) in [5.41, 5.74) is 0.0407. The standard InChI is InChI=1S/C10H19NO.H2/c1-4-5-10(6-7-10)9(12)11-8(2)3;/h8H,4-7H2,1-3H3,(H,11,12);1H. The third-order valence-electron chi connectivity index (χ3n) is 2.48. The van der Waals surface area contributed by atoms with Crippen LogP contribution >= 0.6 is 0 Å². The van der Waals surface area contributed by atoms with E-state index in [4.69, 9.17) is 0 Å². The first-order valence-corrected chi connectivity index (χ1v) is 4.92. The first kappa shape index (κ1) is 9.56. The fourth-order valence-corrected chi connectivity index (χ4v) is 1.64. The van der Waals surface area contributed by atoms with Crippen LogP contribution in [-0.4, -0.2) is 11.9 Å². The number of carbonyl (C=O) groups excluding carboxylic acids is 1. The number of hydrogen-bond donors (Lipinski definition) is 1. The van der Waals surface area contributed by atoms with Crippen molar-refractivity contribution in [1.29, 1.82) is 0 Å². The minimum Gasteiger partial charge on any atom is -0.353 e. The summed E-state index contributed by atoms with van der Waals surface area (Å²) in [5, 5.41) is 2.99. The molecule has 0 atom stereocenters. The maximum Gasteiger partial charge on any atom is 0.226 e. The number of hydrogen-bond acceptors (Lipinski definition) is 1. The maximum atomic E-state index is 11.6. The average molecular weight is 171 g/mol. The van der Waals surface area contributed by atoms with Crippen molar-refractivity contribution >= 4 is 5.91 Å². The second kappa shape index (κ2) is 3.46. The van der Waals surface area contributed by atoms with E-state index < -0.39 is 0 Å². The molecule has 1 aliphatic rings. The molecule has 1 rings (SSSR count). The van der Waals surface area contributed by atoms with E-state index in [-0.39, 0.29) is 18.8 Å². The maximum absolute atomic E-state index is 11.6. The third kappa shape index (κ3) is 1.99. The molecular weight excluding hydrogens is 150 g/mol. The highest BCUT2D eigenvalue weighted by atomic mass is 16.2. The molecule has 0 spiro atoms. The summed E-state index contributed by atoms with van der Waals surface area (Å²) in [6.45, 7) is 6.17. The first-order valence-electron chi connectivity index (χ1n) is 4.92. The van der Waals surface area contributed by atoms with Gasteiger partial charge in [0.05, 0.1) is 0 Å². The van der Waals surface area contributed by atoms with Gasteiger partial charge in [0, 0.05) is 12.9 Å². The molecule has 1 aliphatic carbocycles. The third-order valence-corrected chi connectivity index (χ3v) is 2.48. The van der Waals surface area contributed by atoms with Gasteiger partial charge in [0.1, 0.15) is 0 Å². The summed E-state index contributed by atoms with van der Waals surface area (Å²) in [5.74, 6) is 0.277. The van der Waals surface area contributed by atoms with Gasteiger partial charge >= 0.3 is 0 Å². The van der Waals surface area contributed by atoms with Crippen LogP contribution in [-0.2, 0) is 4.79 Å². The summed E-state index contributed by atoms with van der Waals surface area (Å²) in [6.07, 6.45) is 4.37. The minimum absolute atomic E-state index is 0. The smallest absolute Gasteiger partial charge is 0.226 e. The lowest BCUT2D eigenvalue weighted by Crippen LogP contribution is -2.36. The number of rotatable bonds is 4. The van der Waals surface area contributed by atoms with E-state index in [0.717, 1.165) is 25.7 Å². The molecule has 72 valence electrons. The minimum atomic E-state index is 0. The van der Waals surface area contributed by atoms with Gasteiger partial charge in [0.15, 0.2) is 0 Å². The lowest BCUT2D eigenvalue weighted by molar-refractivity contribution is -0.127. The Labute approximate surface area is 76.2 Å². The van der Waals surface area contributed by atoms with E-state index in [1.807, 2.05) is 13.8 Å². The highest BCUT2D eigenvalue weighted by molar-refractivity contribution is 5.85. The quantitative estimate of drug-likeness (QED) is 0.691. The Balaban J connectivity index is 0.00000144. The molecular formula is C10H21NO. The van der Waals surface area contributed by atoms with Crippen molar-refractivity contribution in [3.05, 3.63) is 0 Å². The van der Waals surface area contributed by atoms with Crippen molar-refractivity contribution in [1.82, 2.24) is 5.32 Å². The SMILES string of the molecule is CCCC1(C(=O)NC(C)C)CC1.[HH]. The molecule has 0 aromatic heterocycles. The van der Waals surface area contributed by atoms with E-state index >= 15 is 0 Å². The Hall–Kier alpha value is -0.530. The van der Waals surface area contributed by atoms with Gasteiger partial charge in [0.25, 0.3) is 0 Å². The summed E-state index contributed by atoms with van der Waals surface area (Å²) < 4.78 is 0. The lowest BCUT2D eigenvalue weighted by atomic mass is 9.99. The molecule has 2 heteroatoms. The Kier molecular flexibility index (Phi) is 2.76. The zero-order chi connectivity index (χ0) is 9.19. The van der Waals surface area contributed by atoms with Crippen molar-refractivity contribution in [3.8, 4) is 0 Å². The van der Waals surface area contributed by atoms with Crippen molar-refractivity contribution in [2.75, 3.05) is 0 Å². The normalized spacial score (nSPS) is 19.3. The molecule has 0 aromatic carbocycles. The number of amides is 1. The van der Waals surface area contributed by atoms with Crippen molar-refractivity contribution in [3.63, 3.8) is 0 Å². The predicted octanol–water partition coefficient (Wildman–Crippen LogP) is 2.34. The van der Waals surface area contributed by atoms with Gasteiger partial charge in [-0.1, -0.05) is 13.3 Å². The van der Waals surface area contributed by atoms with Crippen LogP contribution < -0.4 is 5.32 Å². The van der Waals surface area contributed by atoms with Crippen LogP contribution in [0.3, 0.4) is 0 Å². The van der Waals surface area contributed by atoms with Gasteiger partial charge in [0.2, 0.25) is 5.91 Å². The molecule has 0 radical (unpaired) electrons. The Morgan fingerprint density at radius 2 is 2.17 bits per heavy atom. The molecule has 1 amide bonds. The van der Waals surface area contributed by atoms with Gasteiger partial charge in [-0.25, -0.2) is 0 Å². The van der Waals surface area contributed by atoms with Crippen LogP contribution in [0, 0.1) is 5.41 Å². The van der Waals surface area contributed by atoms with E-state index in [0.29, 0.717) is 0 Å². The van der Waals surface area contributed by atoms with Crippen LogP contribution in [0.5, 0.6) is 0 Å². The van der Waals surface area contributed by atoms with E-state index in [2.05, 4.69) is 12.2 Å². The highest BCUT2D eigenvalue weighted by Crippen LogP contribution is 2.49. The van der Waals surface area contributed by atoms with Crippen LogP contribution in [0.15, 0.2) is 0 Å². The van der Waals surface area contributed by atoms with Gasteiger partial charge in [-0.2, -0.15) is 0 Å². The Bertz CT molecular complexity index is 176. The summed E-state index contributed by atoms with van der Waals surface area (Å²) in [6, 6.07) is 0.284. The van der Waals surface area contributed by atoms with E-state index in [9.17, 15) is 4.79 Å². The second-order valence-electron chi connectivity index (χ2n) is 4.16. The largest absolute Gasteiger partial charge is 0.353 e. The monoisotopic (exact) mass is 171 g/mol. The Morgan fingerprint density at radius 1 is 1.58 bits per heavy atom. The van der Waals surface area contributed by atoms with E-state index in [1.54, 1.807) is 0 Å². The van der Waals surface area contributed by atoms with Crippen LogP contribution in [0.4, 0.5) is 0 Å². The van der Waals surface area contributed by atoms with Crippen molar-refractivity contribution in [2.24, 2.45) is 5.41 Å². The van der Waals surface area contributed by atoms with Gasteiger partial charge < -0.3 is 5.32 Å². The molecule has 0 saturated heterocycles. The lowest BCUT2D eigenvalue weighted by Gasteiger charge is -2.16. The molecule has 0 unspecified atom stereocenters. The fraction of sp³-hybridized carbons (Fsp3) is 0.900. The zero-order valence-corrected chi connectivity index (χ0v) is 8.31. The van der Waals surface area contributed by atoms with Crippen LogP contribution in [0.25, 0.3) is 0 Å². The topological polar surface area (TPSA) is 29.1 Å². The molecule has 0 heterocycles. The van der Waals surface area contributed by atoms with Gasteiger partial charge in [-0.05, 0) is 33.1 Å². The molecule has 1 N–H and O–H groups in total. The molecule has 0 aliphatic heterocycles. The summed E-state index contributed by atoms with van der Waals surface area (Å²) in [7, 11) is 0. The number of carbonyl (C=O) groups is 1. The molecule has 1 saturated carbocycles.